The van der Waals surface area contributed by atoms with Gasteiger partial charge < -0.3 is 16.4 Å². The van der Waals surface area contributed by atoms with Gasteiger partial charge >= 0.3 is 0 Å². The zero-order chi connectivity index (χ0) is 16.1. The third-order valence-corrected chi connectivity index (χ3v) is 3.45. The quantitative estimate of drug-likeness (QED) is 0.668. The molecule has 4 N–H and O–H groups in total. The van der Waals surface area contributed by atoms with Crippen LogP contribution >= 0.6 is 0 Å². The van der Waals surface area contributed by atoms with Crippen LogP contribution in [-0.2, 0) is 6.42 Å². The first kappa shape index (κ1) is 14.8. The van der Waals surface area contributed by atoms with Crippen LogP contribution in [0.3, 0.4) is 0 Å². The average Bonchev–Trinajstić information content (AvgIpc) is 2.60. The van der Waals surface area contributed by atoms with Crippen LogP contribution in [0.5, 0.6) is 0 Å². The third kappa shape index (κ3) is 3.55. The molecule has 0 spiro atoms. The fourth-order valence-electron chi connectivity index (χ4n) is 2.13. The highest BCUT2D eigenvalue weighted by Gasteiger charge is 2.08. The Balaban J connectivity index is 1.81. The Bertz CT molecular complexity index is 771. The molecule has 0 aliphatic carbocycles. The summed E-state index contributed by atoms with van der Waals surface area (Å²) in [5.41, 5.74) is 9.71. The molecule has 6 heteroatoms. The van der Waals surface area contributed by atoms with Crippen molar-refractivity contribution in [1.29, 1.82) is 0 Å². The zero-order valence-corrected chi connectivity index (χ0v) is 12.8. The lowest BCUT2D eigenvalue weighted by molar-refractivity contribution is 1.14. The van der Waals surface area contributed by atoms with E-state index < -0.39 is 0 Å². The molecule has 3 rings (SSSR count). The molecular weight excluding hydrogens is 288 g/mol. The van der Waals surface area contributed by atoms with Gasteiger partial charge in [-0.2, -0.15) is 0 Å². The Morgan fingerprint density at radius 3 is 2.00 bits per heavy atom. The van der Waals surface area contributed by atoms with Crippen LogP contribution in [0.15, 0.2) is 55.1 Å². The van der Waals surface area contributed by atoms with E-state index in [0.29, 0.717) is 17.3 Å². The summed E-state index contributed by atoms with van der Waals surface area (Å²) in [6.07, 6.45) is 5.89. The Kier molecular flexibility index (Phi) is 4.33. The number of hydrogen-bond donors (Lipinski definition) is 3. The topological polar surface area (TPSA) is 88.8 Å². The Morgan fingerprint density at radius 1 is 0.870 bits per heavy atom. The minimum absolute atomic E-state index is 0.462. The van der Waals surface area contributed by atoms with E-state index in [2.05, 4.69) is 44.6 Å². The van der Waals surface area contributed by atoms with Crippen LogP contribution < -0.4 is 16.4 Å². The Hall–Kier alpha value is -3.15. The molecule has 0 atom stereocenters. The van der Waals surface area contributed by atoms with Crippen LogP contribution in [-0.4, -0.2) is 15.0 Å². The normalized spacial score (nSPS) is 10.3. The molecule has 0 saturated carbocycles. The van der Waals surface area contributed by atoms with Crippen molar-refractivity contribution in [3.8, 4) is 0 Å². The largest absolute Gasteiger partial charge is 0.393 e. The molecule has 2 heterocycles. The molecule has 2 aromatic heterocycles. The lowest BCUT2D eigenvalue weighted by Crippen LogP contribution is -2.05. The van der Waals surface area contributed by atoms with E-state index in [1.54, 1.807) is 12.4 Å². The van der Waals surface area contributed by atoms with Gasteiger partial charge in [-0.1, -0.05) is 19.1 Å². The van der Waals surface area contributed by atoms with Crippen molar-refractivity contribution >= 4 is 28.7 Å². The van der Waals surface area contributed by atoms with Crippen molar-refractivity contribution in [2.45, 2.75) is 13.3 Å². The highest BCUT2D eigenvalue weighted by Crippen LogP contribution is 2.27. The number of hydrogen-bond acceptors (Lipinski definition) is 6. The summed E-state index contributed by atoms with van der Waals surface area (Å²) < 4.78 is 0. The van der Waals surface area contributed by atoms with Crippen molar-refractivity contribution in [1.82, 2.24) is 15.0 Å². The van der Waals surface area contributed by atoms with E-state index in [0.717, 1.165) is 17.8 Å². The van der Waals surface area contributed by atoms with Crippen LogP contribution in [0.2, 0.25) is 0 Å². The van der Waals surface area contributed by atoms with E-state index in [1.807, 2.05) is 24.3 Å². The van der Waals surface area contributed by atoms with Gasteiger partial charge in [0.25, 0.3) is 0 Å². The second-order valence-corrected chi connectivity index (χ2v) is 5.02. The molecule has 1 aromatic carbocycles. The molecule has 0 aliphatic rings. The number of pyridine rings is 1. The number of aryl methyl sites for hydroxylation is 1. The molecular formula is C17H18N6. The van der Waals surface area contributed by atoms with Crippen LogP contribution in [0.25, 0.3) is 0 Å². The van der Waals surface area contributed by atoms with Crippen molar-refractivity contribution in [2.24, 2.45) is 0 Å². The summed E-state index contributed by atoms with van der Waals surface area (Å²) >= 11 is 0. The average molecular weight is 306 g/mol. The number of aromatic nitrogens is 3. The van der Waals surface area contributed by atoms with E-state index in [1.165, 1.54) is 11.9 Å². The van der Waals surface area contributed by atoms with E-state index in [9.17, 15) is 0 Å². The monoisotopic (exact) mass is 306 g/mol. The van der Waals surface area contributed by atoms with Gasteiger partial charge in [0.2, 0.25) is 0 Å². The summed E-state index contributed by atoms with van der Waals surface area (Å²) in [6.45, 7) is 2.13. The van der Waals surface area contributed by atoms with E-state index in [-0.39, 0.29) is 0 Å². The van der Waals surface area contributed by atoms with Gasteiger partial charge in [-0.15, -0.1) is 0 Å². The zero-order valence-electron chi connectivity index (χ0n) is 12.8. The molecule has 116 valence electrons. The van der Waals surface area contributed by atoms with Crippen LogP contribution in [0.1, 0.15) is 12.5 Å². The molecule has 23 heavy (non-hydrogen) atoms. The minimum atomic E-state index is 0.462. The van der Waals surface area contributed by atoms with Gasteiger partial charge in [-0.05, 0) is 36.2 Å². The predicted octanol–water partition coefficient (Wildman–Crippen LogP) is 3.50. The molecule has 0 amide bonds. The van der Waals surface area contributed by atoms with Crippen LogP contribution in [0.4, 0.5) is 28.7 Å². The maximum Gasteiger partial charge on any atom is 0.159 e. The molecule has 0 bridgehead atoms. The van der Waals surface area contributed by atoms with Gasteiger partial charge in [0, 0.05) is 23.8 Å². The minimum Gasteiger partial charge on any atom is -0.393 e. The summed E-state index contributed by atoms with van der Waals surface area (Å²) in [6, 6.07) is 11.9. The van der Waals surface area contributed by atoms with Gasteiger partial charge in [0.1, 0.15) is 12.0 Å². The summed E-state index contributed by atoms with van der Waals surface area (Å²) in [4.78, 5) is 12.4. The summed E-state index contributed by atoms with van der Waals surface area (Å²) in [7, 11) is 0. The highest BCUT2D eigenvalue weighted by atomic mass is 15.1. The van der Waals surface area contributed by atoms with Crippen molar-refractivity contribution in [3.05, 3.63) is 60.7 Å². The molecule has 0 saturated heterocycles. The first-order valence-corrected chi connectivity index (χ1v) is 7.39. The lowest BCUT2D eigenvalue weighted by Gasteiger charge is -2.12. The van der Waals surface area contributed by atoms with Crippen LogP contribution in [0, 0.1) is 0 Å². The standard InChI is InChI=1S/C17H18N6/c1-2-12-3-5-13(6-4-12)22-16-15(18)17(21-11-20-16)23-14-7-9-19-10-8-14/h3-11H,2,18H2,1H3,(H2,19,20,21,22,23). The second kappa shape index (κ2) is 6.74. The summed E-state index contributed by atoms with van der Waals surface area (Å²) in [5.74, 6) is 1.12. The molecule has 6 nitrogen and oxygen atoms in total. The van der Waals surface area contributed by atoms with Gasteiger partial charge in [0.05, 0.1) is 0 Å². The molecule has 3 aromatic rings. The van der Waals surface area contributed by atoms with E-state index in [4.69, 9.17) is 5.73 Å². The number of benzene rings is 1. The Labute approximate surface area is 134 Å². The lowest BCUT2D eigenvalue weighted by atomic mass is 10.1. The fourth-order valence-corrected chi connectivity index (χ4v) is 2.13. The number of anilines is 5. The van der Waals surface area contributed by atoms with Crippen molar-refractivity contribution in [2.75, 3.05) is 16.4 Å². The first-order valence-electron chi connectivity index (χ1n) is 7.39. The van der Waals surface area contributed by atoms with E-state index >= 15 is 0 Å². The maximum atomic E-state index is 6.17. The summed E-state index contributed by atoms with van der Waals surface area (Å²) in [5, 5.41) is 6.38. The molecule has 0 aliphatic heterocycles. The van der Waals surface area contributed by atoms with Gasteiger partial charge in [-0.3, -0.25) is 4.98 Å². The molecule has 0 fully saturated rings. The number of rotatable bonds is 5. The maximum absolute atomic E-state index is 6.17. The van der Waals surface area contributed by atoms with Crippen molar-refractivity contribution in [3.63, 3.8) is 0 Å². The predicted molar refractivity (Wildman–Crippen MR) is 93.1 cm³/mol. The van der Waals surface area contributed by atoms with Gasteiger partial charge in [0.15, 0.2) is 11.6 Å². The number of nitrogens with one attached hydrogen (secondary N) is 2. The number of nitrogens with two attached hydrogens (primary N) is 1. The first-order chi connectivity index (χ1) is 11.3. The highest BCUT2D eigenvalue weighted by molar-refractivity contribution is 5.80. The fraction of sp³-hybridized carbons (Fsp3) is 0.118. The second-order valence-electron chi connectivity index (χ2n) is 5.02. The number of nitrogens with zero attached hydrogens (tertiary/aromatic N) is 3. The molecule has 0 radical (unpaired) electrons. The third-order valence-electron chi connectivity index (χ3n) is 3.45. The number of nitrogen functional groups attached to an aromatic ring is 1. The van der Waals surface area contributed by atoms with Crippen molar-refractivity contribution < 1.29 is 0 Å². The SMILES string of the molecule is CCc1ccc(Nc2ncnc(Nc3ccncc3)c2N)cc1. The Morgan fingerprint density at radius 2 is 1.43 bits per heavy atom. The van der Waals surface area contributed by atoms with Gasteiger partial charge in [-0.25, -0.2) is 9.97 Å². The molecule has 0 unspecified atom stereocenters. The smallest absolute Gasteiger partial charge is 0.159 e.